The molecule has 5 nitrogen and oxygen atoms in total. The Kier molecular flexibility index (Phi) is 5.00. The first-order chi connectivity index (χ1) is 13.9. The van der Waals surface area contributed by atoms with Crippen LogP contribution < -0.4 is 5.32 Å². The number of aromatic amines is 1. The summed E-state index contributed by atoms with van der Waals surface area (Å²) in [5.74, 6) is -3.21. The lowest BCUT2D eigenvalue weighted by Crippen LogP contribution is -2.30. The van der Waals surface area contributed by atoms with Crippen molar-refractivity contribution in [2.24, 2.45) is 5.92 Å². The molecule has 150 valence electrons. The van der Waals surface area contributed by atoms with Crippen molar-refractivity contribution >= 4 is 28.4 Å². The van der Waals surface area contributed by atoms with Gasteiger partial charge in [0.2, 0.25) is 11.8 Å². The predicted octanol–water partition coefficient (Wildman–Crippen LogP) is 3.61. The van der Waals surface area contributed by atoms with Crippen molar-refractivity contribution in [2.45, 2.75) is 12.8 Å². The molecular formula is C21H18F3N3O2. The minimum Gasteiger partial charge on any atom is -0.361 e. The Morgan fingerprint density at radius 1 is 1.14 bits per heavy atom. The lowest BCUT2D eigenvalue weighted by Gasteiger charge is -2.16. The van der Waals surface area contributed by atoms with Crippen LogP contribution in [0.25, 0.3) is 10.9 Å². The third-order valence-electron chi connectivity index (χ3n) is 5.15. The molecule has 2 aromatic carbocycles. The van der Waals surface area contributed by atoms with Gasteiger partial charge >= 0.3 is 0 Å². The number of likely N-dealkylation sites (tertiary alicyclic amines) is 1. The van der Waals surface area contributed by atoms with Crippen molar-refractivity contribution in [3.63, 3.8) is 0 Å². The third-order valence-corrected chi connectivity index (χ3v) is 5.15. The molecule has 1 aliphatic heterocycles. The highest BCUT2D eigenvalue weighted by molar-refractivity contribution is 5.97. The van der Waals surface area contributed by atoms with Gasteiger partial charge in [-0.2, -0.15) is 0 Å². The summed E-state index contributed by atoms with van der Waals surface area (Å²) in [4.78, 5) is 29.3. The minimum atomic E-state index is -0.869. The van der Waals surface area contributed by atoms with E-state index in [0.29, 0.717) is 19.0 Å². The SMILES string of the molecule is O=C(Nc1ccc(F)cc1F)C1CC(=O)N(CCc2c[nH]c3ccc(F)cc23)C1. The topological polar surface area (TPSA) is 65.2 Å². The van der Waals surface area contributed by atoms with Crippen molar-refractivity contribution < 1.29 is 22.8 Å². The second kappa shape index (κ2) is 7.62. The van der Waals surface area contributed by atoms with Gasteiger partial charge in [-0.25, -0.2) is 13.2 Å². The van der Waals surface area contributed by atoms with E-state index >= 15 is 0 Å². The van der Waals surface area contributed by atoms with Crippen molar-refractivity contribution in [1.82, 2.24) is 9.88 Å². The maximum absolute atomic E-state index is 13.7. The molecule has 0 radical (unpaired) electrons. The lowest BCUT2D eigenvalue weighted by molar-refractivity contribution is -0.128. The van der Waals surface area contributed by atoms with Crippen LogP contribution in [0.15, 0.2) is 42.6 Å². The van der Waals surface area contributed by atoms with E-state index in [1.54, 1.807) is 17.2 Å². The standard InChI is InChI=1S/C21H18F3N3O2/c22-14-1-3-18-16(8-14)12(10-25-18)5-6-27-11-13(7-20(27)28)21(29)26-19-4-2-15(23)9-17(19)24/h1-4,8-10,13,25H,5-7,11H2,(H,26,29). The zero-order valence-corrected chi connectivity index (χ0v) is 15.3. The van der Waals surface area contributed by atoms with Crippen LogP contribution in [0, 0.1) is 23.4 Å². The van der Waals surface area contributed by atoms with Gasteiger partial charge in [-0.05, 0) is 42.3 Å². The van der Waals surface area contributed by atoms with Crippen LogP contribution >= 0.6 is 0 Å². The third kappa shape index (κ3) is 3.96. The van der Waals surface area contributed by atoms with Crippen LogP contribution in [0.2, 0.25) is 0 Å². The van der Waals surface area contributed by atoms with E-state index in [2.05, 4.69) is 10.3 Å². The van der Waals surface area contributed by atoms with Crippen molar-refractivity contribution in [1.29, 1.82) is 0 Å². The van der Waals surface area contributed by atoms with Gasteiger partial charge in [0.25, 0.3) is 0 Å². The smallest absolute Gasteiger partial charge is 0.229 e. The van der Waals surface area contributed by atoms with E-state index in [1.165, 1.54) is 12.1 Å². The molecule has 29 heavy (non-hydrogen) atoms. The Morgan fingerprint density at radius 3 is 2.69 bits per heavy atom. The van der Waals surface area contributed by atoms with Gasteiger partial charge < -0.3 is 15.2 Å². The molecule has 0 spiro atoms. The number of benzene rings is 2. The molecule has 2 N–H and O–H groups in total. The maximum atomic E-state index is 13.7. The highest BCUT2D eigenvalue weighted by atomic mass is 19.1. The molecule has 0 aliphatic carbocycles. The zero-order valence-electron chi connectivity index (χ0n) is 15.3. The molecule has 0 bridgehead atoms. The number of amides is 2. The summed E-state index contributed by atoms with van der Waals surface area (Å²) >= 11 is 0. The normalized spacial score (nSPS) is 16.6. The van der Waals surface area contributed by atoms with Crippen molar-refractivity contribution in [3.8, 4) is 0 Å². The van der Waals surface area contributed by atoms with Gasteiger partial charge in [0, 0.05) is 42.7 Å². The first kappa shape index (κ1) is 19.0. The molecule has 2 heterocycles. The largest absolute Gasteiger partial charge is 0.361 e. The molecule has 1 unspecified atom stereocenters. The summed E-state index contributed by atoms with van der Waals surface area (Å²) in [6, 6.07) is 7.36. The van der Waals surface area contributed by atoms with E-state index in [-0.39, 0.29) is 30.4 Å². The summed E-state index contributed by atoms with van der Waals surface area (Å²) in [5, 5.41) is 3.18. The molecule has 1 fully saturated rings. The lowest BCUT2D eigenvalue weighted by atomic mass is 10.1. The number of carbonyl (C=O) groups excluding carboxylic acids is 2. The molecule has 4 rings (SSSR count). The molecular weight excluding hydrogens is 383 g/mol. The van der Waals surface area contributed by atoms with E-state index in [1.807, 2.05) is 0 Å². The molecule has 2 amide bonds. The number of halogens is 3. The number of H-pyrrole nitrogens is 1. The van der Waals surface area contributed by atoms with E-state index in [4.69, 9.17) is 0 Å². The fraction of sp³-hybridized carbons (Fsp3) is 0.238. The highest BCUT2D eigenvalue weighted by Gasteiger charge is 2.34. The number of carbonyl (C=O) groups is 2. The number of anilines is 1. The maximum Gasteiger partial charge on any atom is 0.229 e. The predicted molar refractivity (Wildman–Crippen MR) is 102 cm³/mol. The Balaban J connectivity index is 1.38. The van der Waals surface area contributed by atoms with Crippen LogP contribution in [0.1, 0.15) is 12.0 Å². The van der Waals surface area contributed by atoms with E-state index in [9.17, 15) is 22.8 Å². The first-order valence-electron chi connectivity index (χ1n) is 9.20. The van der Waals surface area contributed by atoms with E-state index in [0.717, 1.165) is 28.6 Å². The summed E-state index contributed by atoms with van der Waals surface area (Å²) in [7, 11) is 0. The molecule has 1 atom stereocenters. The number of hydrogen-bond acceptors (Lipinski definition) is 2. The molecule has 1 saturated heterocycles. The first-order valence-corrected chi connectivity index (χ1v) is 9.20. The summed E-state index contributed by atoms with van der Waals surface area (Å²) in [6.45, 7) is 0.598. The Hall–Kier alpha value is -3.29. The average Bonchev–Trinajstić information content (AvgIpc) is 3.25. The van der Waals surface area contributed by atoms with Crippen LogP contribution in [0.3, 0.4) is 0 Å². The van der Waals surface area contributed by atoms with Gasteiger partial charge in [0.1, 0.15) is 17.5 Å². The number of rotatable bonds is 5. The summed E-state index contributed by atoms with van der Waals surface area (Å²) in [5.41, 5.74) is 1.57. The zero-order chi connectivity index (χ0) is 20.5. The van der Waals surface area contributed by atoms with Crippen LogP contribution in [-0.2, 0) is 16.0 Å². The Bertz CT molecular complexity index is 1100. The average molecular weight is 401 g/mol. The van der Waals surface area contributed by atoms with Crippen molar-refractivity contribution in [2.75, 3.05) is 18.4 Å². The summed E-state index contributed by atoms with van der Waals surface area (Å²) in [6.07, 6.45) is 2.32. The van der Waals surface area contributed by atoms with Crippen LogP contribution in [0.5, 0.6) is 0 Å². The van der Waals surface area contributed by atoms with E-state index < -0.39 is 23.5 Å². The van der Waals surface area contributed by atoms with Gasteiger partial charge in [-0.3, -0.25) is 9.59 Å². The minimum absolute atomic E-state index is 0.0250. The number of nitrogens with one attached hydrogen (secondary N) is 2. The van der Waals surface area contributed by atoms with Gasteiger partial charge in [-0.15, -0.1) is 0 Å². The number of hydrogen-bond donors (Lipinski definition) is 2. The Labute approximate surface area is 164 Å². The molecule has 1 aromatic heterocycles. The molecule has 1 aliphatic rings. The van der Waals surface area contributed by atoms with Crippen LogP contribution in [-0.4, -0.2) is 34.8 Å². The summed E-state index contributed by atoms with van der Waals surface area (Å²) < 4.78 is 40.2. The van der Waals surface area contributed by atoms with Gasteiger partial charge in [0.05, 0.1) is 11.6 Å². The van der Waals surface area contributed by atoms with Gasteiger partial charge in [-0.1, -0.05) is 0 Å². The fourth-order valence-electron chi connectivity index (χ4n) is 3.60. The fourth-order valence-corrected chi connectivity index (χ4v) is 3.60. The second-order valence-electron chi connectivity index (χ2n) is 7.11. The number of fused-ring (bicyclic) bond motifs is 1. The molecule has 0 saturated carbocycles. The quantitative estimate of drug-likeness (QED) is 0.686. The Morgan fingerprint density at radius 2 is 1.90 bits per heavy atom. The number of nitrogens with zero attached hydrogens (tertiary/aromatic N) is 1. The molecule has 8 heteroatoms. The highest BCUT2D eigenvalue weighted by Crippen LogP contribution is 2.24. The van der Waals surface area contributed by atoms with Crippen molar-refractivity contribution in [3.05, 3.63) is 65.6 Å². The van der Waals surface area contributed by atoms with Crippen LogP contribution in [0.4, 0.5) is 18.9 Å². The molecule has 3 aromatic rings. The monoisotopic (exact) mass is 401 g/mol. The number of aromatic nitrogens is 1. The second-order valence-corrected chi connectivity index (χ2v) is 7.11. The van der Waals surface area contributed by atoms with Gasteiger partial charge in [0.15, 0.2) is 0 Å².